The van der Waals surface area contributed by atoms with E-state index >= 15 is 0 Å². The molecule has 2 fully saturated rings. The van der Waals surface area contributed by atoms with Crippen LogP contribution in [0.5, 0.6) is 0 Å². The first-order chi connectivity index (χ1) is 15.4. The lowest BCUT2D eigenvalue weighted by molar-refractivity contribution is -0.204. The molecule has 32 heavy (non-hydrogen) atoms. The third-order valence-corrected chi connectivity index (χ3v) is 8.20. The maximum absolute atomic E-state index is 14.4. The van der Waals surface area contributed by atoms with Gasteiger partial charge in [-0.25, -0.2) is 8.78 Å². The van der Waals surface area contributed by atoms with E-state index in [2.05, 4.69) is 34.2 Å². The van der Waals surface area contributed by atoms with Gasteiger partial charge >= 0.3 is 0 Å². The van der Waals surface area contributed by atoms with Crippen LogP contribution in [0.2, 0.25) is 0 Å². The summed E-state index contributed by atoms with van der Waals surface area (Å²) in [7, 11) is 0. The van der Waals surface area contributed by atoms with E-state index in [4.69, 9.17) is 9.15 Å². The van der Waals surface area contributed by atoms with Gasteiger partial charge in [0.1, 0.15) is 23.8 Å². The van der Waals surface area contributed by atoms with E-state index in [1.54, 1.807) is 6.92 Å². The van der Waals surface area contributed by atoms with E-state index in [9.17, 15) is 8.78 Å². The van der Waals surface area contributed by atoms with Crippen molar-refractivity contribution in [3.63, 3.8) is 0 Å². The molecule has 2 bridgehead atoms. The van der Waals surface area contributed by atoms with Crippen molar-refractivity contribution in [2.45, 2.75) is 51.7 Å². The number of rotatable bonds is 4. The van der Waals surface area contributed by atoms with Gasteiger partial charge in [0.05, 0.1) is 17.0 Å². The Labute approximate surface area is 184 Å². The van der Waals surface area contributed by atoms with Crippen LogP contribution in [-0.2, 0) is 16.9 Å². The summed E-state index contributed by atoms with van der Waals surface area (Å²) in [5.41, 5.74) is 1.24. The molecule has 6 nitrogen and oxygen atoms in total. The minimum atomic E-state index is -0.644. The van der Waals surface area contributed by atoms with Crippen molar-refractivity contribution < 1.29 is 17.9 Å². The van der Waals surface area contributed by atoms with Crippen LogP contribution in [0.3, 0.4) is 0 Å². The third kappa shape index (κ3) is 2.65. The fourth-order valence-corrected chi connectivity index (χ4v) is 6.37. The van der Waals surface area contributed by atoms with Gasteiger partial charge in [-0.05, 0) is 66.2 Å². The molecule has 8 heteroatoms. The fraction of sp³-hybridized carbons (Fsp3) is 0.500. The maximum atomic E-state index is 14.4. The number of hydrogen-bond acceptors (Lipinski definition) is 6. The summed E-state index contributed by atoms with van der Waals surface area (Å²) in [6.45, 7) is 6.42. The molecule has 0 N–H and O–H groups in total. The van der Waals surface area contributed by atoms with Crippen molar-refractivity contribution in [1.29, 1.82) is 0 Å². The van der Waals surface area contributed by atoms with E-state index in [1.165, 1.54) is 18.2 Å². The Hall–Kier alpha value is -2.74. The Bertz CT molecular complexity index is 1190. The number of fused-ring (bicyclic) bond motifs is 4. The number of ether oxygens (including phenoxy) is 1. The SMILES string of the molecule is Cc1nnc(CO[C@@]23CC4C(C[C@@H]4c4cc(-c5c(F)cccc5F)nnc42)C(C)C3C)o1. The van der Waals surface area contributed by atoms with E-state index in [0.29, 0.717) is 35.5 Å². The van der Waals surface area contributed by atoms with Crippen molar-refractivity contribution >= 4 is 0 Å². The molecular weight excluding hydrogens is 414 g/mol. The topological polar surface area (TPSA) is 73.9 Å². The van der Waals surface area contributed by atoms with Crippen LogP contribution >= 0.6 is 0 Å². The smallest absolute Gasteiger partial charge is 0.242 e. The molecule has 3 aliphatic rings. The van der Waals surface area contributed by atoms with E-state index in [0.717, 1.165) is 24.1 Å². The first-order valence-electron chi connectivity index (χ1n) is 11.1. The van der Waals surface area contributed by atoms with E-state index < -0.39 is 17.2 Å². The highest BCUT2D eigenvalue weighted by atomic mass is 19.1. The van der Waals surface area contributed by atoms with Crippen molar-refractivity contribution in [3.8, 4) is 11.3 Å². The number of aryl methyl sites for hydroxylation is 1. The highest BCUT2D eigenvalue weighted by Crippen LogP contribution is 2.67. The summed E-state index contributed by atoms with van der Waals surface area (Å²) in [5.74, 6) is 1.69. The Morgan fingerprint density at radius 1 is 1.09 bits per heavy atom. The molecule has 6 rings (SSSR count). The predicted octanol–water partition coefficient (Wildman–Crippen LogP) is 4.93. The summed E-state index contributed by atoms with van der Waals surface area (Å²) in [6.07, 6.45) is 1.92. The van der Waals surface area contributed by atoms with Crippen LogP contribution in [0.1, 0.15) is 55.6 Å². The lowest BCUT2D eigenvalue weighted by Gasteiger charge is -2.63. The molecule has 2 aromatic heterocycles. The Morgan fingerprint density at radius 2 is 1.88 bits per heavy atom. The number of aromatic nitrogens is 4. The first-order valence-corrected chi connectivity index (χ1v) is 11.1. The van der Waals surface area contributed by atoms with Crippen molar-refractivity contribution in [2.75, 3.05) is 0 Å². The lowest BCUT2D eigenvalue weighted by atomic mass is 9.44. The monoisotopic (exact) mass is 438 g/mol. The van der Waals surface area contributed by atoms with Crippen molar-refractivity contribution in [3.05, 3.63) is 58.9 Å². The van der Waals surface area contributed by atoms with Gasteiger partial charge in [-0.2, -0.15) is 5.10 Å². The van der Waals surface area contributed by atoms with Gasteiger partial charge < -0.3 is 9.15 Å². The third-order valence-electron chi connectivity index (χ3n) is 8.20. The normalized spacial score (nSPS) is 32.3. The molecule has 0 aliphatic heterocycles. The van der Waals surface area contributed by atoms with Crippen LogP contribution in [0.15, 0.2) is 28.7 Å². The minimum Gasteiger partial charge on any atom is -0.423 e. The van der Waals surface area contributed by atoms with Gasteiger partial charge in [0.25, 0.3) is 0 Å². The summed E-state index contributed by atoms with van der Waals surface area (Å²) >= 11 is 0. The van der Waals surface area contributed by atoms with Gasteiger partial charge in [0, 0.05) is 6.92 Å². The Morgan fingerprint density at radius 3 is 2.59 bits per heavy atom. The average molecular weight is 438 g/mol. The minimum absolute atomic E-state index is 0.132. The van der Waals surface area contributed by atoms with Crippen LogP contribution in [-0.4, -0.2) is 20.4 Å². The zero-order valence-corrected chi connectivity index (χ0v) is 18.2. The van der Waals surface area contributed by atoms with Gasteiger partial charge in [0.15, 0.2) is 0 Å². The number of benzene rings is 1. The van der Waals surface area contributed by atoms with Crippen molar-refractivity contribution in [2.24, 2.45) is 23.7 Å². The molecule has 166 valence electrons. The van der Waals surface area contributed by atoms with Gasteiger partial charge in [0.2, 0.25) is 11.8 Å². The quantitative estimate of drug-likeness (QED) is 0.575. The zero-order valence-electron chi connectivity index (χ0n) is 18.2. The molecule has 0 saturated heterocycles. The van der Waals surface area contributed by atoms with Gasteiger partial charge in [-0.15, -0.1) is 15.3 Å². The zero-order chi connectivity index (χ0) is 22.2. The fourth-order valence-electron chi connectivity index (χ4n) is 6.37. The Kier molecular flexibility index (Phi) is 4.28. The molecule has 4 unspecified atom stereocenters. The molecule has 3 aromatic rings. The second-order valence-corrected chi connectivity index (χ2v) is 9.54. The number of hydrogen-bond donors (Lipinski definition) is 0. The molecule has 0 spiro atoms. The average Bonchev–Trinajstić information content (AvgIpc) is 3.17. The van der Waals surface area contributed by atoms with Crippen LogP contribution in [0, 0.1) is 42.2 Å². The Balaban J connectivity index is 1.46. The highest BCUT2D eigenvalue weighted by molar-refractivity contribution is 5.62. The van der Waals surface area contributed by atoms with Crippen LogP contribution < -0.4 is 0 Å². The summed E-state index contributed by atoms with van der Waals surface area (Å²) in [4.78, 5) is 0. The molecule has 6 atom stereocenters. The number of halogens is 2. The second-order valence-electron chi connectivity index (χ2n) is 9.54. The summed E-state index contributed by atoms with van der Waals surface area (Å²) < 4.78 is 41.0. The molecule has 1 aromatic carbocycles. The summed E-state index contributed by atoms with van der Waals surface area (Å²) in [6, 6.07) is 5.67. The molecule has 0 radical (unpaired) electrons. The van der Waals surface area contributed by atoms with E-state index in [1.807, 2.05) is 6.07 Å². The lowest BCUT2D eigenvalue weighted by Crippen LogP contribution is -2.59. The molecule has 2 heterocycles. The largest absolute Gasteiger partial charge is 0.423 e. The standard InChI is InChI=1S/C24H24F2N4O2/c1-11-12(2)24(31-10-21-29-27-13(3)32-21)9-17-14(11)7-15(17)16-8-20(28-30-23(16)24)22-18(25)5-4-6-19(22)26/h4-6,8,11-12,14-15,17H,7,9-10H2,1-3H3/t11?,12?,14?,15-,17?,24-/m1/s1. The molecular formula is C24H24F2N4O2. The number of nitrogens with zero attached hydrogens (tertiary/aromatic N) is 4. The van der Waals surface area contributed by atoms with Gasteiger partial charge in [-0.1, -0.05) is 19.9 Å². The van der Waals surface area contributed by atoms with E-state index in [-0.39, 0.29) is 23.8 Å². The van der Waals surface area contributed by atoms with Crippen molar-refractivity contribution in [1.82, 2.24) is 20.4 Å². The second kappa shape index (κ2) is 6.88. The summed E-state index contributed by atoms with van der Waals surface area (Å²) in [5, 5.41) is 16.8. The maximum Gasteiger partial charge on any atom is 0.242 e. The molecule has 0 amide bonds. The van der Waals surface area contributed by atoms with Gasteiger partial charge in [-0.3, -0.25) is 0 Å². The van der Waals surface area contributed by atoms with Crippen LogP contribution in [0.4, 0.5) is 8.78 Å². The molecule has 2 saturated carbocycles. The predicted molar refractivity (Wildman–Crippen MR) is 110 cm³/mol. The first kappa shape index (κ1) is 19.9. The van der Waals surface area contributed by atoms with Crippen LogP contribution in [0.25, 0.3) is 11.3 Å². The highest BCUT2D eigenvalue weighted by Gasteiger charge is 2.63. The molecule has 3 aliphatic carbocycles.